The Hall–Kier alpha value is -1.20. The van der Waals surface area contributed by atoms with Crippen molar-refractivity contribution in [1.82, 2.24) is 15.2 Å². The van der Waals surface area contributed by atoms with Crippen molar-refractivity contribution in [3.8, 4) is 0 Å². The van der Waals surface area contributed by atoms with Crippen LogP contribution in [0.15, 0.2) is 11.5 Å². The molecule has 0 bridgehead atoms. The average molecular weight is 321 g/mol. The number of carbonyl (C=O) groups excluding carboxylic acids is 1. The number of hydrogen-bond donors (Lipinski definition) is 1. The molecule has 2 rings (SSSR count). The van der Waals surface area contributed by atoms with Crippen molar-refractivity contribution >= 4 is 23.3 Å². The van der Waals surface area contributed by atoms with Crippen molar-refractivity contribution in [3.63, 3.8) is 0 Å². The Balaban J connectivity index is 1.53. The summed E-state index contributed by atoms with van der Waals surface area (Å²) in [6.45, 7) is 8.70. The highest BCUT2D eigenvalue weighted by atomic mass is 32.1. The number of nitrogens with one attached hydrogen (secondary N) is 1. The molecule has 1 saturated heterocycles. The molecule has 0 aromatic carbocycles. The van der Waals surface area contributed by atoms with Gasteiger partial charge in [0, 0.05) is 18.0 Å². The summed E-state index contributed by atoms with van der Waals surface area (Å²) in [5, 5.41) is 5.91. The van der Waals surface area contributed by atoms with Gasteiger partial charge in [0.05, 0.1) is 10.7 Å². The van der Waals surface area contributed by atoms with Crippen LogP contribution in [0.3, 0.4) is 0 Å². The van der Waals surface area contributed by atoms with Crippen molar-refractivity contribution in [3.05, 3.63) is 22.2 Å². The maximum absolute atomic E-state index is 11.7. The van der Waals surface area contributed by atoms with Crippen LogP contribution in [0, 0.1) is 12.8 Å². The van der Waals surface area contributed by atoms with Gasteiger partial charge in [-0.3, -0.25) is 4.79 Å². The van der Waals surface area contributed by atoms with E-state index in [-0.39, 0.29) is 5.91 Å². The predicted octanol–water partition coefficient (Wildman–Crippen LogP) is 3.09. The number of piperidine rings is 1. The summed E-state index contributed by atoms with van der Waals surface area (Å²) < 4.78 is 0. The minimum Gasteiger partial charge on any atom is -0.353 e. The first-order valence-electron chi connectivity index (χ1n) is 8.24. The van der Waals surface area contributed by atoms with Crippen molar-refractivity contribution in [2.45, 2.75) is 39.5 Å². The normalized spacial score (nSPS) is 17.2. The van der Waals surface area contributed by atoms with Crippen LogP contribution in [0.5, 0.6) is 0 Å². The molecule has 1 aliphatic rings. The molecule has 1 aliphatic heterocycles. The van der Waals surface area contributed by atoms with E-state index in [4.69, 9.17) is 0 Å². The van der Waals surface area contributed by atoms with Gasteiger partial charge in [-0.25, -0.2) is 4.98 Å². The first-order valence-corrected chi connectivity index (χ1v) is 9.12. The second-order valence-electron chi connectivity index (χ2n) is 6.15. The fourth-order valence-electron chi connectivity index (χ4n) is 2.63. The van der Waals surface area contributed by atoms with Crippen LogP contribution in [-0.2, 0) is 4.79 Å². The zero-order chi connectivity index (χ0) is 15.8. The highest BCUT2D eigenvalue weighted by Crippen LogP contribution is 2.16. The molecule has 22 heavy (non-hydrogen) atoms. The minimum atomic E-state index is -0.0301. The van der Waals surface area contributed by atoms with Gasteiger partial charge < -0.3 is 10.2 Å². The van der Waals surface area contributed by atoms with Gasteiger partial charge in [-0.15, -0.1) is 11.3 Å². The van der Waals surface area contributed by atoms with E-state index in [2.05, 4.69) is 22.1 Å². The second-order valence-corrected chi connectivity index (χ2v) is 7.21. The van der Waals surface area contributed by atoms with Gasteiger partial charge in [-0.05, 0) is 64.2 Å². The van der Waals surface area contributed by atoms with Crippen LogP contribution in [0.2, 0.25) is 0 Å². The fraction of sp³-hybridized carbons (Fsp3) is 0.647. The molecule has 0 atom stereocenters. The monoisotopic (exact) mass is 321 g/mol. The Labute approximate surface area is 137 Å². The standard InChI is InChI=1S/C17H27N3OS/c1-14-7-11-20(12-8-14)10-4-3-9-18-17(21)6-5-16-13-22-15(2)19-16/h5-6,13-14H,3-4,7-12H2,1-2H3,(H,18,21). The molecule has 0 unspecified atom stereocenters. The molecule has 0 spiro atoms. The van der Waals surface area contributed by atoms with Gasteiger partial charge in [0.2, 0.25) is 5.91 Å². The lowest BCUT2D eigenvalue weighted by Crippen LogP contribution is -2.34. The lowest BCUT2D eigenvalue weighted by molar-refractivity contribution is -0.116. The van der Waals surface area contributed by atoms with Crippen LogP contribution in [0.25, 0.3) is 6.08 Å². The number of unbranched alkanes of at least 4 members (excludes halogenated alkanes) is 1. The third-order valence-corrected chi connectivity index (χ3v) is 4.91. The smallest absolute Gasteiger partial charge is 0.244 e. The minimum absolute atomic E-state index is 0.0301. The molecule has 2 heterocycles. The van der Waals surface area contributed by atoms with E-state index in [1.165, 1.54) is 25.9 Å². The first kappa shape index (κ1) is 17.2. The second kappa shape index (κ2) is 9.06. The summed E-state index contributed by atoms with van der Waals surface area (Å²) >= 11 is 1.60. The van der Waals surface area contributed by atoms with Crippen LogP contribution in [-0.4, -0.2) is 42.0 Å². The predicted molar refractivity (Wildman–Crippen MR) is 93.0 cm³/mol. The van der Waals surface area contributed by atoms with Gasteiger partial charge in [0.1, 0.15) is 0 Å². The van der Waals surface area contributed by atoms with Crippen molar-refractivity contribution < 1.29 is 4.79 Å². The number of thiazole rings is 1. The summed E-state index contributed by atoms with van der Waals surface area (Å²) in [6.07, 6.45) is 8.20. The number of amides is 1. The molecule has 1 aromatic heterocycles. The zero-order valence-corrected chi connectivity index (χ0v) is 14.5. The fourth-order valence-corrected chi connectivity index (χ4v) is 3.22. The summed E-state index contributed by atoms with van der Waals surface area (Å²) in [6, 6.07) is 0. The summed E-state index contributed by atoms with van der Waals surface area (Å²) in [5.41, 5.74) is 0.858. The molecule has 1 N–H and O–H groups in total. The number of carbonyl (C=O) groups is 1. The molecule has 4 nitrogen and oxygen atoms in total. The molecule has 0 saturated carbocycles. The lowest BCUT2D eigenvalue weighted by atomic mass is 9.99. The van der Waals surface area contributed by atoms with Crippen LogP contribution >= 0.6 is 11.3 Å². The number of hydrogen-bond acceptors (Lipinski definition) is 4. The van der Waals surface area contributed by atoms with E-state index in [9.17, 15) is 4.79 Å². The molecule has 0 radical (unpaired) electrons. The third kappa shape index (κ3) is 6.28. The maximum Gasteiger partial charge on any atom is 0.244 e. The van der Waals surface area contributed by atoms with Crippen LogP contribution in [0.1, 0.15) is 43.3 Å². The quantitative estimate of drug-likeness (QED) is 0.620. The van der Waals surface area contributed by atoms with E-state index in [1.54, 1.807) is 23.5 Å². The third-order valence-electron chi connectivity index (χ3n) is 4.12. The zero-order valence-electron chi connectivity index (χ0n) is 13.7. The van der Waals surface area contributed by atoms with E-state index in [1.807, 2.05) is 12.3 Å². The molecule has 5 heteroatoms. The topological polar surface area (TPSA) is 45.2 Å². The summed E-state index contributed by atoms with van der Waals surface area (Å²) in [4.78, 5) is 18.5. The highest BCUT2D eigenvalue weighted by molar-refractivity contribution is 7.09. The average Bonchev–Trinajstić information content (AvgIpc) is 2.92. The number of aromatic nitrogens is 1. The molecule has 0 aliphatic carbocycles. The van der Waals surface area contributed by atoms with Gasteiger partial charge in [-0.2, -0.15) is 0 Å². The molecule has 122 valence electrons. The number of likely N-dealkylation sites (tertiary alicyclic amines) is 1. The highest BCUT2D eigenvalue weighted by Gasteiger charge is 2.14. The molecule has 1 amide bonds. The molecular weight excluding hydrogens is 294 g/mol. The number of nitrogens with zero attached hydrogens (tertiary/aromatic N) is 2. The Bertz CT molecular complexity index is 490. The van der Waals surface area contributed by atoms with E-state index in [0.29, 0.717) is 0 Å². The van der Waals surface area contributed by atoms with Gasteiger partial charge in [-0.1, -0.05) is 6.92 Å². The Kier molecular flexibility index (Phi) is 7.06. The van der Waals surface area contributed by atoms with Gasteiger partial charge >= 0.3 is 0 Å². The maximum atomic E-state index is 11.7. The van der Waals surface area contributed by atoms with Crippen LogP contribution < -0.4 is 5.32 Å². The Morgan fingerprint density at radius 1 is 1.45 bits per heavy atom. The van der Waals surface area contributed by atoms with Gasteiger partial charge in [0.15, 0.2) is 0 Å². The Morgan fingerprint density at radius 3 is 2.91 bits per heavy atom. The van der Waals surface area contributed by atoms with Crippen LogP contribution in [0.4, 0.5) is 0 Å². The van der Waals surface area contributed by atoms with Crippen molar-refractivity contribution in [2.24, 2.45) is 5.92 Å². The van der Waals surface area contributed by atoms with Crippen molar-refractivity contribution in [1.29, 1.82) is 0 Å². The molecular formula is C17H27N3OS. The van der Waals surface area contributed by atoms with E-state index >= 15 is 0 Å². The molecule has 1 fully saturated rings. The largest absolute Gasteiger partial charge is 0.353 e. The van der Waals surface area contributed by atoms with Gasteiger partial charge in [0.25, 0.3) is 0 Å². The van der Waals surface area contributed by atoms with E-state index < -0.39 is 0 Å². The molecule has 1 aromatic rings. The number of rotatable bonds is 7. The first-order chi connectivity index (χ1) is 10.6. The summed E-state index contributed by atoms with van der Waals surface area (Å²) in [7, 11) is 0. The Morgan fingerprint density at radius 2 is 2.23 bits per heavy atom. The van der Waals surface area contributed by atoms with Crippen molar-refractivity contribution in [2.75, 3.05) is 26.2 Å². The summed E-state index contributed by atoms with van der Waals surface area (Å²) in [5.74, 6) is 0.862. The number of aryl methyl sites for hydroxylation is 1. The SMILES string of the molecule is Cc1nc(C=CC(=O)NCCCCN2CCC(C)CC2)cs1. The van der Waals surface area contributed by atoms with E-state index in [0.717, 1.165) is 42.6 Å². The lowest BCUT2D eigenvalue weighted by Gasteiger charge is -2.30.